The lowest BCUT2D eigenvalue weighted by Gasteiger charge is -2.09. The summed E-state index contributed by atoms with van der Waals surface area (Å²) < 4.78 is 10.6. The molecule has 0 radical (unpaired) electrons. The molecule has 0 bridgehead atoms. The summed E-state index contributed by atoms with van der Waals surface area (Å²) in [7, 11) is 2.91. The highest BCUT2D eigenvalue weighted by molar-refractivity contribution is 9.10. The molecule has 8 nitrogen and oxygen atoms in total. The molecule has 3 N–H and O–H groups in total. The maximum absolute atomic E-state index is 12.0. The van der Waals surface area contributed by atoms with Gasteiger partial charge in [-0.15, -0.1) is 0 Å². The Labute approximate surface area is 164 Å². The highest BCUT2D eigenvalue weighted by Crippen LogP contribution is 2.34. The molecule has 0 aliphatic carbocycles. The molecule has 0 atom stereocenters. The summed E-state index contributed by atoms with van der Waals surface area (Å²) in [5, 5.41) is 16.2. The van der Waals surface area contributed by atoms with Gasteiger partial charge >= 0.3 is 0 Å². The number of aromatic hydroxyl groups is 1. The first-order chi connectivity index (χ1) is 12.9. The van der Waals surface area contributed by atoms with Gasteiger partial charge in [0.1, 0.15) is 12.2 Å². The van der Waals surface area contributed by atoms with Crippen LogP contribution in [0.3, 0.4) is 0 Å². The predicted octanol–water partition coefficient (Wildman–Crippen LogP) is 2.65. The number of benzene rings is 2. The third-order valence-corrected chi connectivity index (χ3v) is 3.98. The molecule has 0 spiro atoms. The summed E-state index contributed by atoms with van der Waals surface area (Å²) in [6.07, 6.45) is 0.959. The SMILES string of the molecule is COc1ccccc1NC(=O)CC(=O)NN=Cc1cc(Br)c(O)c(OC)c1. The zero-order valence-electron chi connectivity index (χ0n) is 14.7. The van der Waals surface area contributed by atoms with Crippen molar-refractivity contribution in [1.82, 2.24) is 5.43 Å². The Morgan fingerprint density at radius 1 is 1.15 bits per heavy atom. The molecule has 2 rings (SSSR count). The highest BCUT2D eigenvalue weighted by Gasteiger charge is 2.11. The van der Waals surface area contributed by atoms with Crippen molar-refractivity contribution < 1.29 is 24.2 Å². The molecular weight excluding hydrogens is 418 g/mol. The number of hydrogen-bond acceptors (Lipinski definition) is 6. The summed E-state index contributed by atoms with van der Waals surface area (Å²) in [4.78, 5) is 23.8. The van der Waals surface area contributed by atoms with Crippen LogP contribution in [-0.4, -0.2) is 37.4 Å². The second-order valence-electron chi connectivity index (χ2n) is 5.27. The molecule has 2 aromatic carbocycles. The van der Waals surface area contributed by atoms with Crippen molar-refractivity contribution in [2.24, 2.45) is 5.10 Å². The van der Waals surface area contributed by atoms with E-state index in [4.69, 9.17) is 9.47 Å². The molecule has 9 heteroatoms. The highest BCUT2D eigenvalue weighted by atomic mass is 79.9. The van der Waals surface area contributed by atoms with Gasteiger partial charge in [-0.2, -0.15) is 5.10 Å². The van der Waals surface area contributed by atoms with Crippen LogP contribution in [0, 0.1) is 0 Å². The van der Waals surface area contributed by atoms with Gasteiger partial charge in [-0.25, -0.2) is 5.43 Å². The second-order valence-corrected chi connectivity index (χ2v) is 6.13. The minimum atomic E-state index is -0.580. The van der Waals surface area contributed by atoms with Crippen LogP contribution < -0.4 is 20.2 Å². The Bertz CT molecular complexity index is 870. The molecule has 0 aromatic heterocycles. The smallest absolute Gasteiger partial charge is 0.249 e. The number of nitrogens with zero attached hydrogens (tertiary/aromatic N) is 1. The monoisotopic (exact) mass is 435 g/mol. The number of phenols is 1. The van der Waals surface area contributed by atoms with Gasteiger partial charge in [0.05, 0.1) is 30.6 Å². The molecule has 2 aromatic rings. The van der Waals surface area contributed by atoms with E-state index in [-0.39, 0.29) is 11.5 Å². The summed E-state index contributed by atoms with van der Waals surface area (Å²) in [6.45, 7) is 0. The van der Waals surface area contributed by atoms with Crippen LogP contribution >= 0.6 is 15.9 Å². The zero-order valence-corrected chi connectivity index (χ0v) is 16.2. The number of phenolic OH excluding ortho intramolecular Hbond substituents is 1. The standard InChI is InChI=1S/C18H18BrN3O5/c1-26-14-6-4-3-5-13(14)21-16(23)9-17(24)22-20-10-11-7-12(19)18(25)15(8-11)27-2/h3-8,10,25H,9H2,1-2H3,(H,21,23)(H,22,24). The van der Waals surface area contributed by atoms with Crippen LogP contribution in [-0.2, 0) is 9.59 Å². The van der Waals surface area contributed by atoms with Crippen molar-refractivity contribution in [1.29, 1.82) is 0 Å². The maximum atomic E-state index is 12.0. The lowest BCUT2D eigenvalue weighted by atomic mass is 10.2. The van der Waals surface area contributed by atoms with E-state index in [1.165, 1.54) is 20.4 Å². The minimum absolute atomic E-state index is 0.0355. The summed E-state index contributed by atoms with van der Waals surface area (Å²) in [6, 6.07) is 10.0. The summed E-state index contributed by atoms with van der Waals surface area (Å²) in [5.74, 6) is -0.360. The number of rotatable bonds is 7. The van der Waals surface area contributed by atoms with Crippen molar-refractivity contribution >= 4 is 39.6 Å². The third kappa shape index (κ3) is 5.71. The van der Waals surface area contributed by atoms with Crippen LogP contribution in [0.15, 0.2) is 46.0 Å². The normalized spacial score (nSPS) is 10.5. The molecule has 0 saturated heterocycles. The Kier molecular flexibility index (Phi) is 7.18. The molecule has 142 valence electrons. The van der Waals surface area contributed by atoms with Crippen molar-refractivity contribution in [3.63, 3.8) is 0 Å². The number of carbonyl (C=O) groups is 2. The van der Waals surface area contributed by atoms with E-state index in [1.54, 1.807) is 36.4 Å². The van der Waals surface area contributed by atoms with Crippen LogP contribution in [0.25, 0.3) is 0 Å². The fraction of sp³-hybridized carbons (Fsp3) is 0.167. The molecule has 0 fully saturated rings. The zero-order chi connectivity index (χ0) is 19.8. The first kappa shape index (κ1) is 20.2. The van der Waals surface area contributed by atoms with Gasteiger partial charge in [-0.05, 0) is 45.8 Å². The van der Waals surface area contributed by atoms with E-state index in [9.17, 15) is 14.7 Å². The number of hydrazone groups is 1. The Hall–Kier alpha value is -3.07. The van der Waals surface area contributed by atoms with Crippen molar-refractivity contribution in [2.75, 3.05) is 19.5 Å². The molecule has 0 aliphatic rings. The number of nitrogens with one attached hydrogen (secondary N) is 2. The number of hydrogen-bond donors (Lipinski definition) is 3. The largest absolute Gasteiger partial charge is 0.503 e. The number of amides is 2. The molecule has 0 heterocycles. The van der Waals surface area contributed by atoms with E-state index in [1.807, 2.05) is 0 Å². The van der Waals surface area contributed by atoms with E-state index < -0.39 is 18.2 Å². The molecule has 27 heavy (non-hydrogen) atoms. The van der Waals surface area contributed by atoms with Gasteiger partial charge in [0.25, 0.3) is 0 Å². The lowest BCUT2D eigenvalue weighted by Crippen LogP contribution is -2.24. The van der Waals surface area contributed by atoms with E-state index in [0.29, 0.717) is 21.5 Å². The fourth-order valence-electron chi connectivity index (χ4n) is 2.13. The van der Waals surface area contributed by atoms with Crippen molar-refractivity contribution in [2.45, 2.75) is 6.42 Å². The third-order valence-electron chi connectivity index (χ3n) is 3.38. The number of para-hydroxylation sites is 2. The van der Waals surface area contributed by atoms with Crippen molar-refractivity contribution in [3.8, 4) is 17.2 Å². The predicted molar refractivity (Wildman–Crippen MR) is 104 cm³/mol. The quantitative estimate of drug-likeness (QED) is 0.351. The number of methoxy groups -OCH3 is 2. The fourth-order valence-corrected chi connectivity index (χ4v) is 2.59. The number of carbonyl (C=O) groups excluding carboxylic acids is 2. The number of anilines is 1. The van der Waals surface area contributed by atoms with Gasteiger partial charge in [0, 0.05) is 0 Å². The summed E-state index contributed by atoms with van der Waals surface area (Å²) in [5.41, 5.74) is 3.32. The average molecular weight is 436 g/mol. The maximum Gasteiger partial charge on any atom is 0.249 e. The van der Waals surface area contributed by atoms with Gasteiger partial charge in [0.2, 0.25) is 11.8 Å². The Balaban J connectivity index is 1.91. The van der Waals surface area contributed by atoms with E-state index in [0.717, 1.165) is 0 Å². The van der Waals surface area contributed by atoms with Crippen LogP contribution in [0.5, 0.6) is 17.2 Å². The second kappa shape index (κ2) is 9.58. The van der Waals surface area contributed by atoms with Crippen LogP contribution in [0.2, 0.25) is 0 Å². The van der Waals surface area contributed by atoms with Crippen LogP contribution in [0.1, 0.15) is 12.0 Å². The molecule has 0 aliphatic heterocycles. The topological polar surface area (TPSA) is 109 Å². The minimum Gasteiger partial charge on any atom is -0.503 e. The Morgan fingerprint density at radius 3 is 2.56 bits per heavy atom. The van der Waals surface area contributed by atoms with Gasteiger partial charge in [0.15, 0.2) is 11.5 Å². The van der Waals surface area contributed by atoms with Crippen LogP contribution in [0.4, 0.5) is 5.69 Å². The van der Waals surface area contributed by atoms with Gasteiger partial charge < -0.3 is 19.9 Å². The Morgan fingerprint density at radius 2 is 1.85 bits per heavy atom. The van der Waals surface area contributed by atoms with E-state index >= 15 is 0 Å². The number of halogens is 1. The molecule has 2 amide bonds. The first-order valence-corrected chi connectivity index (χ1v) is 8.55. The van der Waals surface area contributed by atoms with E-state index in [2.05, 4.69) is 31.8 Å². The first-order valence-electron chi connectivity index (χ1n) is 7.76. The average Bonchev–Trinajstić information content (AvgIpc) is 2.64. The van der Waals surface area contributed by atoms with Gasteiger partial charge in [-0.1, -0.05) is 12.1 Å². The number of ether oxygens (including phenoxy) is 2. The lowest BCUT2D eigenvalue weighted by molar-refractivity contribution is -0.126. The molecule has 0 saturated carbocycles. The van der Waals surface area contributed by atoms with Gasteiger partial charge in [-0.3, -0.25) is 9.59 Å². The summed E-state index contributed by atoms with van der Waals surface area (Å²) >= 11 is 3.19. The molecule has 0 unspecified atom stereocenters. The molecular formula is C18H18BrN3O5. The van der Waals surface area contributed by atoms with Crippen molar-refractivity contribution in [3.05, 3.63) is 46.4 Å².